The Balaban J connectivity index is 1.71. The molecule has 0 saturated heterocycles. The summed E-state index contributed by atoms with van der Waals surface area (Å²) in [5, 5.41) is 12.9. The first-order chi connectivity index (χ1) is 12.2. The van der Waals surface area contributed by atoms with Crippen molar-refractivity contribution in [3.05, 3.63) is 82.0 Å². The Hall–Kier alpha value is -2.99. The fraction of sp³-hybridized carbons (Fsp3) is 0.105. The first-order valence-electron chi connectivity index (χ1n) is 8.04. The summed E-state index contributed by atoms with van der Waals surface area (Å²) >= 11 is 5.34. The Labute approximate surface area is 150 Å². The number of aromatic amines is 2. The molecule has 5 nitrogen and oxygen atoms in total. The highest BCUT2D eigenvalue weighted by atomic mass is 32.1. The second-order valence-corrected chi connectivity index (χ2v) is 6.26. The second-order valence-electron chi connectivity index (χ2n) is 5.87. The smallest absolute Gasteiger partial charge is 0.216 e. The van der Waals surface area contributed by atoms with Crippen molar-refractivity contribution in [2.45, 2.75) is 13.3 Å². The third-order valence-corrected chi connectivity index (χ3v) is 4.43. The van der Waals surface area contributed by atoms with Crippen molar-refractivity contribution >= 4 is 29.3 Å². The molecule has 124 valence electrons. The van der Waals surface area contributed by atoms with Crippen LogP contribution in [0.5, 0.6) is 0 Å². The predicted molar refractivity (Wildman–Crippen MR) is 103 cm³/mol. The number of benzene rings is 2. The quantitative estimate of drug-likeness (QED) is 0.429. The van der Waals surface area contributed by atoms with Crippen molar-refractivity contribution in [1.82, 2.24) is 19.9 Å². The van der Waals surface area contributed by atoms with Crippen LogP contribution in [0.1, 0.15) is 22.6 Å². The molecule has 0 amide bonds. The van der Waals surface area contributed by atoms with Gasteiger partial charge in [-0.1, -0.05) is 48.5 Å². The van der Waals surface area contributed by atoms with Gasteiger partial charge in [0.15, 0.2) is 5.82 Å². The molecule has 0 aliphatic heterocycles. The van der Waals surface area contributed by atoms with Gasteiger partial charge in [-0.25, -0.2) is 0 Å². The van der Waals surface area contributed by atoms with E-state index in [1.807, 2.05) is 43.5 Å². The maximum absolute atomic E-state index is 5.34. The topological polar surface area (TPSA) is 61.8 Å². The van der Waals surface area contributed by atoms with Gasteiger partial charge < -0.3 is 4.98 Å². The van der Waals surface area contributed by atoms with Crippen LogP contribution in [0, 0.1) is 11.7 Å². The Bertz CT molecular complexity index is 1100. The maximum atomic E-state index is 5.34. The summed E-state index contributed by atoms with van der Waals surface area (Å²) < 4.78 is 2.17. The number of para-hydroxylation sites is 1. The normalized spacial score (nSPS) is 11.6. The highest BCUT2D eigenvalue weighted by molar-refractivity contribution is 7.71. The van der Waals surface area contributed by atoms with Gasteiger partial charge in [-0.2, -0.15) is 14.9 Å². The van der Waals surface area contributed by atoms with Crippen molar-refractivity contribution in [3.8, 4) is 0 Å². The summed E-state index contributed by atoms with van der Waals surface area (Å²) in [5.74, 6) is 0.782. The number of fused-ring (bicyclic) bond motifs is 1. The second kappa shape index (κ2) is 6.49. The molecule has 4 aromatic rings. The predicted octanol–water partition coefficient (Wildman–Crippen LogP) is 4.20. The molecule has 2 heterocycles. The first-order valence-corrected chi connectivity index (χ1v) is 8.45. The van der Waals surface area contributed by atoms with E-state index < -0.39 is 0 Å². The van der Waals surface area contributed by atoms with Crippen molar-refractivity contribution in [2.75, 3.05) is 0 Å². The molecular weight excluding hydrogens is 330 g/mol. The van der Waals surface area contributed by atoms with Gasteiger partial charge in [0, 0.05) is 28.6 Å². The molecule has 0 aliphatic carbocycles. The SMILES string of the molecule is Cc1[nH]c2ccccc2c1/C=N\n1c(Cc2ccccc2)n[nH]c1=S. The maximum Gasteiger partial charge on any atom is 0.216 e. The van der Waals surface area contributed by atoms with Gasteiger partial charge in [-0.05, 0) is 30.8 Å². The lowest BCUT2D eigenvalue weighted by Crippen LogP contribution is -2.00. The number of aryl methyl sites for hydroxylation is 1. The van der Waals surface area contributed by atoms with Crippen LogP contribution < -0.4 is 0 Å². The molecule has 0 fully saturated rings. The first kappa shape index (κ1) is 15.5. The van der Waals surface area contributed by atoms with Crippen molar-refractivity contribution in [1.29, 1.82) is 0 Å². The molecule has 2 N–H and O–H groups in total. The number of nitrogens with one attached hydrogen (secondary N) is 2. The fourth-order valence-corrected chi connectivity index (χ4v) is 3.11. The monoisotopic (exact) mass is 347 g/mol. The van der Waals surface area contributed by atoms with Crippen molar-refractivity contribution in [3.63, 3.8) is 0 Å². The lowest BCUT2D eigenvalue weighted by molar-refractivity contribution is 0.792. The van der Waals surface area contributed by atoms with Gasteiger partial charge in [-0.3, -0.25) is 5.10 Å². The number of aromatic nitrogens is 4. The van der Waals surface area contributed by atoms with Crippen LogP contribution in [-0.2, 0) is 6.42 Å². The average Bonchev–Trinajstić information content (AvgIpc) is 3.13. The van der Waals surface area contributed by atoms with Gasteiger partial charge in [0.1, 0.15) is 0 Å². The Morgan fingerprint density at radius 2 is 1.88 bits per heavy atom. The van der Waals surface area contributed by atoms with Gasteiger partial charge in [0.25, 0.3) is 0 Å². The van der Waals surface area contributed by atoms with E-state index in [-0.39, 0.29) is 0 Å². The molecule has 0 spiro atoms. The van der Waals surface area contributed by atoms with Crippen LogP contribution >= 0.6 is 12.2 Å². The third kappa shape index (κ3) is 3.04. The summed E-state index contributed by atoms with van der Waals surface area (Å²) in [6, 6.07) is 18.3. The van der Waals surface area contributed by atoms with Crippen LogP contribution in [0.15, 0.2) is 59.7 Å². The lowest BCUT2D eigenvalue weighted by atomic mass is 10.1. The Kier molecular flexibility index (Phi) is 4.03. The molecule has 4 rings (SSSR count). The van der Waals surface area contributed by atoms with Gasteiger partial charge in [0.05, 0.1) is 6.21 Å². The van der Waals surface area contributed by atoms with E-state index in [2.05, 4.69) is 44.5 Å². The minimum absolute atomic E-state index is 0.486. The molecule has 0 unspecified atom stereocenters. The average molecular weight is 347 g/mol. The molecular formula is C19H17N5S. The number of hydrogen-bond acceptors (Lipinski definition) is 3. The van der Waals surface area contributed by atoms with Gasteiger partial charge >= 0.3 is 0 Å². The van der Waals surface area contributed by atoms with E-state index in [0.717, 1.165) is 33.5 Å². The molecule has 6 heteroatoms. The van der Waals surface area contributed by atoms with Crippen molar-refractivity contribution < 1.29 is 0 Å². The van der Waals surface area contributed by atoms with Crippen LogP contribution in [0.25, 0.3) is 10.9 Å². The minimum Gasteiger partial charge on any atom is -0.358 e. The summed E-state index contributed by atoms with van der Waals surface area (Å²) in [4.78, 5) is 3.38. The number of H-pyrrole nitrogens is 2. The van der Waals surface area contributed by atoms with E-state index in [1.54, 1.807) is 4.68 Å². The van der Waals surface area contributed by atoms with E-state index in [4.69, 9.17) is 12.2 Å². The summed E-state index contributed by atoms with van der Waals surface area (Å²) in [7, 11) is 0. The largest absolute Gasteiger partial charge is 0.358 e. The molecule has 2 aromatic heterocycles. The zero-order chi connectivity index (χ0) is 17.2. The molecule has 25 heavy (non-hydrogen) atoms. The van der Waals surface area contributed by atoms with E-state index in [1.165, 1.54) is 0 Å². The number of nitrogens with zero attached hydrogens (tertiary/aromatic N) is 3. The third-order valence-electron chi connectivity index (χ3n) is 4.17. The summed E-state index contributed by atoms with van der Waals surface area (Å²) in [6.07, 6.45) is 2.51. The van der Waals surface area contributed by atoms with E-state index in [0.29, 0.717) is 11.2 Å². The van der Waals surface area contributed by atoms with Gasteiger partial charge in [0.2, 0.25) is 4.77 Å². The Morgan fingerprint density at radius 3 is 2.72 bits per heavy atom. The molecule has 0 aliphatic rings. The zero-order valence-electron chi connectivity index (χ0n) is 13.7. The van der Waals surface area contributed by atoms with E-state index >= 15 is 0 Å². The van der Waals surface area contributed by atoms with Gasteiger partial charge in [-0.15, -0.1) is 0 Å². The fourth-order valence-electron chi connectivity index (χ4n) is 2.92. The van der Waals surface area contributed by atoms with Crippen LogP contribution in [0.4, 0.5) is 0 Å². The Morgan fingerprint density at radius 1 is 1.12 bits per heavy atom. The lowest BCUT2D eigenvalue weighted by Gasteiger charge is -2.01. The van der Waals surface area contributed by atoms with E-state index in [9.17, 15) is 0 Å². The number of rotatable bonds is 4. The molecule has 0 atom stereocenters. The molecule has 0 radical (unpaired) electrons. The molecule has 0 saturated carbocycles. The van der Waals surface area contributed by atoms with Crippen molar-refractivity contribution in [2.24, 2.45) is 5.10 Å². The summed E-state index contributed by atoms with van der Waals surface area (Å²) in [5.41, 5.74) is 4.40. The summed E-state index contributed by atoms with van der Waals surface area (Å²) in [6.45, 7) is 2.04. The molecule has 2 aromatic carbocycles. The van der Waals surface area contributed by atoms with Crippen LogP contribution in [-0.4, -0.2) is 26.1 Å². The van der Waals surface area contributed by atoms with Crippen LogP contribution in [0.3, 0.4) is 0 Å². The highest BCUT2D eigenvalue weighted by Crippen LogP contribution is 2.20. The zero-order valence-corrected chi connectivity index (χ0v) is 14.5. The standard InChI is InChI=1S/C19H17N5S/c1-13-16(15-9-5-6-10-17(15)21-13)12-20-24-18(22-23-19(24)25)11-14-7-3-2-4-8-14/h2-10,12,21H,11H2,1H3,(H,23,25)/b20-12-. The van der Waals surface area contributed by atoms with Crippen LogP contribution in [0.2, 0.25) is 0 Å². The highest BCUT2D eigenvalue weighted by Gasteiger charge is 2.08. The number of hydrogen-bond donors (Lipinski definition) is 2. The minimum atomic E-state index is 0.486. The molecule has 0 bridgehead atoms.